The molecular weight excluding hydrogens is 456 g/mol. The van der Waals surface area contributed by atoms with Gasteiger partial charge in [-0.2, -0.15) is 11.8 Å². The van der Waals surface area contributed by atoms with E-state index in [-0.39, 0.29) is 24.2 Å². The summed E-state index contributed by atoms with van der Waals surface area (Å²) in [5, 5.41) is 14.6. The van der Waals surface area contributed by atoms with Crippen molar-refractivity contribution in [2.75, 3.05) is 18.2 Å². The molecule has 2 amide bonds. The van der Waals surface area contributed by atoms with E-state index >= 15 is 0 Å². The van der Waals surface area contributed by atoms with Crippen LogP contribution in [0.15, 0.2) is 24.3 Å². The van der Waals surface area contributed by atoms with Crippen molar-refractivity contribution in [2.24, 2.45) is 0 Å². The van der Waals surface area contributed by atoms with Crippen molar-refractivity contribution >= 4 is 23.6 Å². The third kappa shape index (κ3) is 19.2. The van der Waals surface area contributed by atoms with Crippen LogP contribution in [0.1, 0.15) is 126 Å². The summed E-state index contributed by atoms with van der Waals surface area (Å²) in [5.41, 5.74) is 0.453. The molecule has 0 unspecified atom stereocenters. The van der Waals surface area contributed by atoms with Gasteiger partial charge in [0, 0.05) is 12.0 Å². The summed E-state index contributed by atoms with van der Waals surface area (Å²) >= 11 is 2.14. The van der Waals surface area contributed by atoms with E-state index in [1.807, 2.05) is 0 Å². The van der Waals surface area contributed by atoms with E-state index in [0.717, 1.165) is 12.8 Å². The standard InChI is InChI=1S/C29H50N2O3S/c1-2-3-4-5-6-10-13-16-23-35-24-17-14-11-8-7-9-12-15-18-28(33)30-25-31-29(34)26-19-21-27(32)22-20-26/h19-22,32H,2-18,23-25H2,1H3,(H,30,33)(H,31,34). The van der Waals surface area contributed by atoms with Gasteiger partial charge in [0.1, 0.15) is 5.75 Å². The van der Waals surface area contributed by atoms with Crippen LogP contribution in [0.4, 0.5) is 0 Å². The highest BCUT2D eigenvalue weighted by molar-refractivity contribution is 7.99. The maximum atomic E-state index is 11.9. The molecule has 0 aliphatic carbocycles. The molecule has 0 spiro atoms. The van der Waals surface area contributed by atoms with Crippen LogP contribution in [-0.2, 0) is 4.79 Å². The van der Waals surface area contributed by atoms with E-state index in [1.165, 1.54) is 114 Å². The Morgan fingerprint density at radius 1 is 0.686 bits per heavy atom. The van der Waals surface area contributed by atoms with Crippen molar-refractivity contribution in [2.45, 2.75) is 116 Å². The van der Waals surface area contributed by atoms with Crippen molar-refractivity contribution in [1.82, 2.24) is 10.6 Å². The Kier molecular flexibility index (Phi) is 20.4. The van der Waals surface area contributed by atoms with Crippen molar-refractivity contribution in [1.29, 1.82) is 0 Å². The Labute approximate surface area is 218 Å². The maximum absolute atomic E-state index is 11.9. The van der Waals surface area contributed by atoms with Gasteiger partial charge in [-0.05, 0) is 55.0 Å². The highest BCUT2D eigenvalue weighted by atomic mass is 32.2. The van der Waals surface area contributed by atoms with Gasteiger partial charge < -0.3 is 15.7 Å². The quantitative estimate of drug-likeness (QED) is 0.106. The highest BCUT2D eigenvalue weighted by Gasteiger charge is 2.06. The first kappa shape index (κ1) is 31.3. The summed E-state index contributed by atoms with van der Waals surface area (Å²) < 4.78 is 0. The molecule has 0 atom stereocenters. The number of carbonyl (C=O) groups is 2. The van der Waals surface area contributed by atoms with Gasteiger partial charge >= 0.3 is 0 Å². The smallest absolute Gasteiger partial charge is 0.252 e. The van der Waals surface area contributed by atoms with E-state index in [4.69, 9.17) is 0 Å². The summed E-state index contributed by atoms with van der Waals surface area (Å²) in [6.07, 6.45) is 21.5. The number of phenolic OH excluding ortho intramolecular Hbond substituents is 1. The summed E-state index contributed by atoms with van der Waals surface area (Å²) in [4.78, 5) is 23.8. The molecule has 0 saturated carbocycles. The summed E-state index contributed by atoms with van der Waals surface area (Å²) in [6, 6.07) is 6.02. The number of phenols is 1. The lowest BCUT2D eigenvalue weighted by molar-refractivity contribution is -0.121. The first-order chi connectivity index (χ1) is 17.1. The van der Waals surface area contributed by atoms with Gasteiger partial charge in [0.2, 0.25) is 5.91 Å². The number of carbonyl (C=O) groups excluding carboxylic acids is 2. The lowest BCUT2D eigenvalue weighted by atomic mass is 10.1. The Morgan fingerprint density at radius 3 is 1.71 bits per heavy atom. The third-order valence-corrected chi connectivity index (χ3v) is 7.40. The minimum atomic E-state index is -0.271. The molecule has 0 bridgehead atoms. The number of amides is 2. The SMILES string of the molecule is CCCCCCCCCCSCCCCCCCCCCC(=O)NCNC(=O)c1ccc(O)cc1. The molecule has 0 aliphatic heterocycles. The fraction of sp³-hybridized carbons (Fsp3) is 0.724. The van der Waals surface area contributed by atoms with E-state index < -0.39 is 0 Å². The lowest BCUT2D eigenvalue weighted by Gasteiger charge is -2.08. The number of thioether (sulfide) groups is 1. The average Bonchev–Trinajstić information content (AvgIpc) is 2.85. The number of hydrogen-bond acceptors (Lipinski definition) is 4. The Hall–Kier alpha value is -1.69. The predicted octanol–water partition coefficient (Wildman–Crippen LogP) is 7.58. The molecule has 0 saturated heterocycles. The van der Waals surface area contributed by atoms with E-state index in [9.17, 15) is 14.7 Å². The van der Waals surface area contributed by atoms with E-state index in [2.05, 4.69) is 29.3 Å². The number of benzene rings is 1. The molecule has 200 valence electrons. The second-order valence-electron chi connectivity index (χ2n) is 9.50. The fourth-order valence-electron chi connectivity index (χ4n) is 4.02. The van der Waals surface area contributed by atoms with Crippen molar-refractivity contribution in [3.8, 4) is 5.75 Å². The minimum Gasteiger partial charge on any atom is -0.508 e. The molecule has 0 aromatic heterocycles. The second-order valence-corrected chi connectivity index (χ2v) is 10.7. The zero-order chi connectivity index (χ0) is 25.4. The van der Waals surface area contributed by atoms with Gasteiger partial charge in [-0.15, -0.1) is 0 Å². The number of unbranched alkanes of at least 4 members (excludes halogenated alkanes) is 14. The zero-order valence-electron chi connectivity index (χ0n) is 22.1. The molecule has 3 N–H and O–H groups in total. The summed E-state index contributed by atoms with van der Waals surface area (Å²) in [5.74, 6) is 2.48. The van der Waals surface area contributed by atoms with Gasteiger partial charge in [-0.1, -0.05) is 90.4 Å². The van der Waals surface area contributed by atoms with Crippen LogP contribution in [0, 0.1) is 0 Å². The van der Waals surface area contributed by atoms with Crippen LogP contribution < -0.4 is 10.6 Å². The molecule has 0 radical (unpaired) electrons. The monoisotopic (exact) mass is 506 g/mol. The molecule has 1 aromatic rings. The van der Waals surface area contributed by atoms with Crippen molar-refractivity contribution in [3.63, 3.8) is 0 Å². The first-order valence-corrected chi connectivity index (χ1v) is 15.2. The second kappa shape index (κ2) is 22.8. The Bertz CT molecular complexity index is 652. The van der Waals surface area contributed by atoms with Gasteiger partial charge in [-0.3, -0.25) is 9.59 Å². The maximum Gasteiger partial charge on any atom is 0.252 e. The molecule has 1 aromatic carbocycles. The molecule has 6 heteroatoms. The number of aromatic hydroxyl groups is 1. The summed E-state index contributed by atoms with van der Waals surface area (Å²) in [7, 11) is 0. The van der Waals surface area contributed by atoms with Gasteiger partial charge in [0.15, 0.2) is 0 Å². The largest absolute Gasteiger partial charge is 0.508 e. The van der Waals surface area contributed by atoms with Crippen molar-refractivity contribution < 1.29 is 14.7 Å². The van der Waals surface area contributed by atoms with Gasteiger partial charge in [0.25, 0.3) is 5.91 Å². The van der Waals surface area contributed by atoms with Crippen LogP contribution in [0.2, 0.25) is 0 Å². The minimum absolute atomic E-state index is 0.0273. The van der Waals surface area contributed by atoms with Crippen LogP contribution in [0.3, 0.4) is 0 Å². The van der Waals surface area contributed by atoms with Gasteiger partial charge in [0.05, 0.1) is 6.67 Å². The zero-order valence-corrected chi connectivity index (χ0v) is 22.9. The number of nitrogens with one attached hydrogen (secondary N) is 2. The molecule has 0 aliphatic rings. The Morgan fingerprint density at radius 2 is 1.17 bits per heavy atom. The fourth-order valence-corrected chi connectivity index (χ4v) is 5.04. The van der Waals surface area contributed by atoms with Crippen LogP contribution >= 0.6 is 11.8 Å². The van der Waals surface area contributed by atoms with E-state index in [1.54, 1.807) is 12.1 Å². The number of rotatable bonds is 23. The average molecular weight is 507 g/mol. The summed E-state index contributed by atoms with van der Waals surface area (Å²) in [6.45, 7) is 2.40. The Balaban J connectivity index is 1.78. The van der Waals surface area contributed by atoms with E-state index in [0.29, 0.717) is 12.0 Å². The molecule has 1 rings (SSSR count). The van der Waals surface area contributed by atoms with Crippen molar-refractivity contribution in [3.05, 3.63) is 29.8 Å². The molecule has 35 heavy (non-hydrogen) atoms. The molecule has 5 nitrogen and oxygen atoms in total. The number of hydrogen-bond donors (Lipinski definition) is 3. The van der Waals surface area contributed by atoms with Gasteiger partial charge in [-0.25, -0.2) is 0 Å². The van der Waals surface area contributed by atoms with Crippen LogP contribution in [0.5, 0.6) is 5.75 Å². The topological polar surface area (TPSA) is 78.4 Å². The molecular formula is C29H50N2O3S. The highest BCUT2D eigenvalue weighted by Crippen LogP contribution is 2.15. The third-order valence-electron chi connectivity index (χ3n) is 6.25. The molecule has 0 fully saturated rings. The van der Waals surface area contributed by atoms with Crippen LogP contribution in [-0.4, -0.2) is 35.1 Å². The lowest BCUT2D eigenvalue weighted by Crippen LogP contribution is -2.37. The van der Waals surface area contributed by atoms with Crippen LogP contribution in [0.25, 0.3) is 0 Å². The first-order valence-electron chi connectivity index (χ1n) is 14.0. The predicted molar refractivity (Wildman–Crippen MR) is 150 cm³/mol. The normalized spacial score (nSPS) is 10.9. The molecule has 0 heterocycles.